The number of carbonyl (C=O) groups is 2. The minimum absolute atomic E-state index is 0.488. The molecular weight excluding hydrogens is 266 g/mol. The monoisotopic (exact) mass is 279 g/mol. The smallest absolute Gasteiger partial charge is 0.452 e. The summed E-state index contributed by atoms with van der Waals surface area (Å²) in [5, 5.41) is 0. The number of anilines is 1. The van der Waals surface area contributed by atoms with E-state index in [2.05, 4.69) is 4.74 Å². The molecule has 0 spiro atoms. The summed E-state index contributed by atoms with van der Waals surface area (Å²) in [6, 6.07) is 7.01. The van der Waals surface area contributed by atoms with Crippen LogP contribution in [-0.2, 0) is 18.9 Å². The van der Waals surface area contributed by atoms with Crippen LogP contribution in [0.25, 0.3) is 6.08 Å². The SMILES string of the molecule is COC(=O)OC1OC=Cc2ccccc2N1C(=O)OC. The fraction of sp³-hybridized carbons (Fsp3) is 0.231. The maximum atomic E-state index is 11.9. The molecule has 1 atom stereocenters. The molecule has 2 rings (SSSR count). The van der Waals surface area contributed by atoms with Crippen molar-refractivity contribution in [2.45, 2.75) is 6.41 Å². The number of hydrogen-bond acceptors (Lipinski definition) is 6. The maximum absolute atomic E-state index is 11.9. The number of nitrogens with zero attached hydrogens (tertiary/aromatic N) is 1. The van der Waals surface area contributed by atoms with Gasteiger partial charge in [0.15, 0.2) is 0 Å². The highest BCUT2D eigenvalue weighted by Crippen LogP contribution is 2.28. The molecule has 1 aliphatic heterocycles. The van der Waals surface area contributed by atoms with E-state index < -0.39 is 18.7 Å². The largest absolute Gasteiger partial charge is 0.512 e. The summed E-state index contributed by atoms with van der Waals surface area (Å²) in [5.74, 6) is 0. The molecule has 0 aromatic heterocycles. The first kappa shape index (κ1) is 13.7. The molecule has 0 aliphatic carbocycles. The van der Waals surface area contributed by atoms with Crippen LogP contribution in [0.4, 0.5) is 15.3 Å². The lowest BCUT2D eigenvalue weighted by Crippen LogP contribution is -2.44. The molecule has 20 heavy (non-hydrogen) atoms. The van der Waals surface area contributed by atoms with Crippen molar-refractivity contribution < 1.29 is 28.5 Å². The molecule has 1 aromatic rings. The molecule has 0 fully saturated rings. The van der Waals surface area contributed by atoms with E-state index in [0.29, 0.717) is 11.3 Å². The Morgan fingerprint density at radius 2 is 1.95 bits per heavy atom. The van der Waals surface area contributed by atoms with E-state index in [9.17, 15) is 9.59 Å². The fourth-order valence-electron chi connectivity index (χ4n) is 1.70. The molecule has 0 saturated heterocycles. The van der Waals surface area contributed by atoms with Gasteiger partial charge in [0, 0.05) is 5.56 Å². The third-order valence-electron chi connectivity index (χ3n) is 2.58. The van der Waals surface area contributed by atoms with E-state index in [1.54, 1.807) is 30.3 Å². The normalized spacial score (nSPS) is 16.5. The topological polar surface area (TPSA) is 74.3 Å². The van der Waals surface area contributed by atoms with Crippen molar-refractivity contribution in [3.05, 3.63) is 36.1 Å². The van der Waals surface area contributed by atoms with Crippen molar-refractivity contribution in [1.29, 1.82) is 0 Å². The first-order valence-corrected chi connectivity index (χ1v) is 5.70. The maximum Gasteiger partial charge on any atom is 0.512 e. The number of ether oxygens (including phenoxy) is 4. The number of rotatable bonds is 1. The van der Waals surface area contributed by atoms with Crippen LogP contribution in [0.1, 0.15) is 5.56 Å². The minimum Gasteiger partial charge on any atom is -0.452 e. The molecule has 1 aliphatic rings. The van der Waals surface area contributed by atoms with E-state index in [-0.39, 0.29) is 0 Å². The molecule has 0 saturated carbocycles. The van der Waals surface area contributed by atoms with Gasteiger partial charge in [0.25, 0.3) is 0 Å². The highest BCUT2D eigenvalue weighted by atomic mass is 16.8. The lowest BCUT2D eigenvalue weighted by Gasteiger charge is -2.27. The van der Waals surface area contributed by atoms with Gasteiger partial charge in [0.2, 0.25) is 0 Å². The first-order chi connectivity index (χ1) is 9.67. The predicted octanol–water partition coefficient (Wildman–Crippen LogP) is 2.33. The highest BCUT2D eigenvalue weighted by Gasteiger charge is 2.33. The molecule has 0 radical (unpaired) electrons. The Balaban J connectivity index is 2.40. The number of fused-ring (bicyclic) bond motifs is 1. The summed E-state index contributed by atoms with van der Waals surface area (Å²) in [7, 11) is 2.38. The van der Waals surface area contributed by atoms with Crippen LogP contribution in [0.15, 0.2) is 30.5 Å². The molecule has 0 N–H and O–H groups in total. The zero-order chi connectivity index (χ0) is 14.5. The Kier molecular flexibility index (Phi) is 4.09. The van der Waals surface area contributed by atoms with Crippen LogP contribution in [-0.4, -0.2) is 32.9 Å². The van der Waals surface area contributed by atoms with Gasteiger partial charge in [0.05, 0.1) is 26.2 Å². The Morgan fingerprint density at radius 1 is 1.20 bits per heavy atom. The molecule has 7 heteroatoms. The molecule has 1 unspecified atom stereocenters. The number of carbonyl (C=O) groups excluding carboxylic acids is 2. The molecule has 1 amide bonds. The second-order valence-electron chi connectivity index (χ2n) is 3.72. The van der Waals surface area contributed by atoms with Crippen molar-refractivity contribution in [3.8, 4) is 0 Å². The van der Waals surface area contributed by atoms with E-state index >= 15 is 0 Å². The van der Waals surface area contributed by atoms with Crippen molar-refractivity contribution in [2.75, 3.05) is 19.1 Å². The zero-order valence-corrected chi connectivity index (χ0v) is 10.9. The van der Waals surface area contributed by atoms with Crippen molar-refractivity contribution in [3.63, 3.8) is 0 Å². The zero-order valence-electron chi connectivity index (χ0n) is 10.9. The van der Waals surface area contributed by atoms with E-state index in [1.165, 1.54) is 13.4 Å². The van der Waals surface area contributed by atoms with E-state index in [1.807, 2.05) is 0 Å². The summed E-state index contributed by atoms with van der Waals surface area (Å²) >= 11 is 0. The van der Waals surface area contributed by atoms with Gasteiger partial charge in [-0.05, 0) is 12.1 Å². The summed E-state index contributed by atoms with van der Waals surface area (Å²) in [6.45, 7) is 0. The van der Waals surface area contributed by atoms with Crippen LogP contribution >= 0.6 is 0 Å². The molecule has 1 aromatic carbocycles. The van der Waals surface area contributed by atoms with Gasteiger partial charge < -0.3 is 18.9 Å². The van der Waals surface area contributed by atoms with Crippen LogP contribution in [0.3, 0.4) is 0 Å². The molecule has 0 bridgehead atoms. The fourth-order valence-corrected chi connectivity index (χ4v) is 1.70. The van der Waals surface area contributed by atoms with Gasteiger partial charge in [-0.1, -0.05) is 18.2 Å². The van der Waals surface area contributed by atoms with Crippen molar-refractivity contribution >= 4 is 24.0 Å². The van der Waals surface area contributed by atoms with Crippen molar-refractivity contribution in [1.82, 2.24) is 0 Å². The van der Waals surface area contributed by atoms with Gasteiger partial charge in [-0.2, -0.15) is 0 Å². The number of amides is 1. The average molecular weight is 279 g/mol. The second-order valence-corrected chi connectivity index (χ2v) is 3.72. The van der Waals surface area contributed by atoms with E-state index in [4.69, 9.17) is 14.2 Å². The average Bonchev–Trinajstić information content (AvgIpc) is 2.65. The van der Waals surface area contributed by atoms with Crippen LogP contribution < -0.4 is 4.90 Å². The quantitative estimate of drug-likeness (QED) is 0.734. The molecule has 106 valence electrons. The summed E-state index contributed by atoms with van der Waals surface area (Å²) in [4.78, 5) is 24.2. The van der Waals surface area contributed by atoms with Crippen LogP contribution in [0.5, 0.6) is 0 Å². The van der Waals surface area contributed by atoms with Gasteiger partial charge in [0.1, 0.15) is 0 Å². The lowest BCUT2D eigenvalue weighted by atomic mass is 10.1. The van der Waals surface area contributed by atoms with E-state index in [0.717, 1.165) is 12.0 Å². The Labute approximate surface area is 115 Å². The number of benzene rings is 1. The summed E-state index contributed by atoms with van der Waals surface area (Å²) in [5.41, 5.74) is 1.20. The second kappa shape index (κ2) is 5.96. The van der Waals surface area contributed by atoms with Gasteiger partial charge in [-0.3, -0.25) is 0 Å². The molecule has 7 nitrogen and oxygen atoms in total. The number of hydrogen-bond donors (Lipinski definition) is 0. The Hall–Kier alpha value is -2.70. The van der Waals surface area contributed by atoms with Gasteiger partial charge >= 0.3 is 18.7 Å². The predicted molar refractivity (Wildman–Crippen MR) is 68.7 cm³/mol. The minimum atomic E-state index is -1.31. The standard InChI is InChI=1S/C13H13NO6/c1-17-11(15)14-10-6-4-3-5-9(10)7-8-19-12(14)20-13(16)18-2/h3-8,12H,1-2H3. The van der Waals surface area contributed by atoms with Gasteiger partial charge in [-0.25, -0.2) is 14.5 Å². The lowest BCUT2D eigenvalue weighted by molar-refractivity contribution is -0.0795. The third-order valence-corrected chi connectivity index (χ3v) is 2.58. The molecular formula is C13H13NO6. The summed E-state index contributed by atoms with van der Waals surface area (Å²) in [6.07, 6.45) is -0.0390. The number of methoxy groups -OCH3 is 2. The van der Waals surface area contributed by atoms with Crippen LogP contribution in [0, 0.1) is 0 Å². The third kappa shape index (κ3) is 2.66. The summed E-state index contributed by atoms with van der Waals surface area (Å²) < 4.78 is 19.2. The Bertz CT molecular complexity index is 541. The first-order valence-electron chi connectivity index (χ1n) is 5.70. The number of para-hydroxylation sites is 1. The molecule has 1 heterocycles. The Morgan fingerprint density at radius 3 is 2.65 bits per heavy atom. The van der Waals surface area contributed by atoms with Crippen molar-refractivity contribution in [2.24, 2.45) is 0 Å². The van der Waals surface area contributed by atoms with Crippen LogP contribution in [0.2, 0.25) is 0 Å². The van der Waals surface area contributed by atoms with Gasteiger partial charge in [-0.15, -0.1) is 0 Å². The highest BCUT2D eigenvalue weighted by molar-refractivity contribution is 5.91.